The van der Waals surface area contributed by atoms with Crippen molar-refractivity contribution in [2.45, 2.75) is 64.5 Å². The molecule has 0 spiro atoms. The number of allylic oxidation sites excluding steroid dienone is 5. The molecule has 0 radical (unpaired) electrons. The summed E-state index contributed by atoms with van der Waals surface area (Å²) in [5.74, 6) is 0.994. The van der Waals surface area contributed by atoms with Crippen LogP contribution in [0.1, 0.15) is 62.8 Å². The lowest BCUT2D eigenvalue weighted by atomic mass is 9.76. The summed E-state index contributed by atoms with van der Waals surface area (Å²) in [6, 6.07) is 10.2. The zero-order valence-corrected chi connectivity index (χ0v) is 18.6. The van der Waals surface area contributed by atoms with E-state index >= 15 is 0 Å². The number of aromatic nitrogens is 2. The van der Waals surface area contributed by atoms with Gasteiger partial charge in [0.15, 0.2) is 5.82 Å². The van der Waals surface area contributed by atoms with E-state index in [1.807, 2.05) is 42.2 Å². The molecule has 1 aromatic carbocycles. The van der Waals surface area contributed by atoms with Crippen LogP contribution in [0, 0.1) is 0 Å². The minimum Gasteiger partial charge on any atom is -0.342 e. The Labute approximate surface area is 184 Å². The van der Waals surface area contributed by atoms with Gasteiger partial charge in [-0.3, -0.25) is 9.89 Å². The van der Waals surface area contributed by atoms with E-state index in [1.165, 1.54) is 0 Å². The second-order valence-electron chi connectivity index (χ2n) is 8.94. The van der Waals surface area contributed by atoms with Gasteiger partial charge in [-0.25, -0.2) is 0 Å². The Balaban J connectivity index is 1.65. The van der Waals surface area contributed by atoms with Crippen molar-refractivity contribution in [3.05, 3.63) is 83.2 Å². The van der Waals surface area contributed by atoms with Crippen molar-refractivity contribution in [2.24, 2.45) is 0 Å². The molecule has 2 bridgehead atoms. The number of benzene rings is 1. The number of aromatic amines is 1. The summed E-state index contributed by atoms with van der Waals surface area (Å²) in [6.07, 6.45) is 11.2. The van der Waals surface area contributed by atoms with E-state index in [9.17, 15) is 4.79 Å². The van der Waals surface area contributed by atoms with Gasteiger partial charge in [0.05, 0.1) is 24.2 Å². The van der Waals surface area contributed by atoms with Gasteiger partial charge in [-0.05, 0) is 44.7 Å². The molecule has 31 heavy (non-hydrogen) atoms. The molecule has 0 saturated carbocycles. The van der Waals surface area contributed by atoms with Crippen molar-refractivity contribution in [2.75, 3.05) is 5.32 Å². The van der Waals surface area contributed by atoms with Crippen LogP contribution in [-0.4, -0.2) is 21.0 Å². The largest absolute Gasteiger partial charge is 0.342 e. The van der Waals surface area contributed by atoms with Crippen LogP contribution in [0.2, 0.25) is 0 Å². The minimum absolute atomic E-state index is 0.192. The highest BCUT2D eigenvalue weighted by Crippen LogP contribution is 2.36. The second-order valence-corrected chi connectivity index (χ2v) is 8.94. The number of anilines is 1. The lowest BCUT2D eigenvalue weighted by Crippen LogP contribution is -2.43. The summed E-state index contributed by atoms with van der Waals surface area (Å²) in [5.41, 5.74) is 4.79. The summed E-state index contributed by atoms with van der Waals surface area (Å²) in [6.45, 7) is 9.46. The van der Waals surface area contributed by atoms with Crippen molar-refractivity contribution >= 4 is 11.7 Å². The molecule has 2 N–H and O–H groups in total. The highest BCUT2D eigenvalue weighted by atomic mass is 16.2. The number of amides is 1. The van der Waals surface area contributed by atoms with E-state index in [4.69, 9.17) is 0 Å². The van der Waals surface area contributed by atoms with Crippen LogP contribution >= 0.6 is 0 Å². The van der Waals surface area contributed by atoms with Crippen molar-refractivity contribution in [1.29, 1.82) is 0 Å². The Hall–Kier alpha value is -3.08. The van der Waals surface area contributed by atoms with Gasteiger partial charge in [0.2, 0.25) is 5.91 Å². The molecule has 3 heterocycles. The quantitative estimate of drug-likeness (QED) is 0.636. The fraction of sp³-hybridized carbons (Fsp3) is 0.385. The van der Waals surface area contributed by atoms with Gasteiger partial charge in [-0.1, -0.05) is 67.5 Å². The molecule has 162 valence electrons. The molecule has 0 aliphatic carbocycles. The number of hydrogen-bond donors (Lipinski definition) is 2. The molecule has 0 saturated heterocycles. The first-order valence-corrected chi connectivity index (χ1v) is 11.2. The standard InChI is InChI=1S/C26H32N4O/c1-19-11-6-5-9-16-26(3,21-14-7-4-8-15-21)25(31)30-17-22-23(18-30)28-29-24(22)27-20(2)13-10-12-19/h4,7-8,10,12-15H,1,5-6,9,11,16-18H2,2-3H3,(H2,27,28,29)/b12-10-,20-13+. The average Bonchev–Trinajstić information content (AvgIpc) is 3.35. The third-order valence-corrected chi connectivity index (χ3v) is 6.49. The monoisotopic (exact) mass is 416 g/mol. The van der Waals surface area contributed by atoms with Crippen LogP contribution in [0.4, 0.5) is 5.82 Å². The maximum absolute atomic E-state index is 13.8. The van der Waals surface area contributed by atoms with Crippen LogP contribution in [0.25, 0.3) is 0 Å². The molecule has 1 aromatic heterocycles. The van der Waals surface area contributed by atoms with Crippen LogP contribution in [-0.2, 0) is 23.3 Å². The molecule has 2 aromatic rings. The Kier molecular flexibility index (Phi) is 6.12. The molecule has 1 atom stereocenters. The van der Waals surface area contributed by atoms with Crippen LogP contribution < -0.4 is 5.32 Å². The highest BCUT2D eigenvalue weighted by molar-refractivity contribution is 5.88. The van der Waals surface area contributed by atoms with E-state index in [2.05, 4.69) is 47.2 Å². The van der Waals surface area contributed by atoms with Crippen molar-refractivity contribution in [1.82, 2.24) is 15.1 Å². The first-order valence-electron chi connectivity index (χ1n) is 11.2. The summed E-state index contributed by atoms with van der Waals surface area (Å²) in [4.78, 5) is 15.8. The molecular formula is C26H32N4O. The molecule has 4 rings (SSSR count). The average molecular weight is 417 g/mol. The third-order valence-electron chi connectivity index (χ3n) is 6.49. The summed E-state index contributed by atoms with van der Waals surface area (Å²) >= 11 is 0. The number of nitrogens with one attached hydrogen (secondary N) is 2. The fourth-order valence-electron chi connectivity index (χ4n) is 4.56. The Bertz CT molecular complexity index is 1020. The van der Waals surface area contributed by atoms with Crippen LogP contribution in [0.3, 0.4) is 0 Å². The SMILES string of the molecule is C=C1/C=C\C=C(/C)Nc2n[nH]c3c2CN(C3)C(=O)C(C)(c2ccccc2)CCCCC1. The van der Waals surface area contributed by atoms with Gasteiger partial charge >= 0.3 is 0 Å². The zero-order valence-electron chi connectivity index (χ0n) is 18.6. The lowest BCUT2D eigenvalue weighted by Gasteiger charge is -2.33. The Morgan fingerprint density at radius 2 is 1.94 bits per heavy atom. The van der Waals surface area contributed by atoms with Crippen molar-refractivity contribution in [3.8, 4) is 0 Å². The molecule has 5 heteroatoms. The van der Waals surface area contributed by atoms with Gasteiger partial charge in [-0.2, -0.15) is 5.10 Å². The fourth-order valence-corrected chi connectivity index (χ4v) is 4.56. The first kappa shape index (κ1) is 21.2. The van der Waals surface area contributed by atoms with E-state index < -0.39 is 5.41 Å². The number of carbonyl (C=O) groups is 1. The third kappa shape index (κ3) is 4.50. The van der Waals surface area contributed by atoms with Crippen molar-refractivity contribution < 1.29 is 4.79 Å². The zero-order chi connectivity index (χ0) is 21.8. The predicted octanol–water partition coefficient (Wildman–Crippen LogP) is 5.60. The van der Waals surface area contributed by atoms with Gasteiger partial charge in [0, 0.05) is 11.3 Å². The van der Waals surface area contributed by atoms with Gasteiger partial charge in [0.1, 0.15) is 0 Å². The highest BCUT2D eigenvalue weighted by Gasteiger charge is 2.40. The first-order chi connectivity index (χ1) is 15.0. The van der Waals surface area contributed by atoms with Gasteiger partial charge in [0.25, 0.3) is 0 Å². The minimum atomic E-state index is -0.535. The number of H-pyrrole nitrogens is 1. The number of fused-ring (bicyclic) bond motifs is 1. The van der Waals surface area contributed by atoms with E-state index in [0.717, 1.165) is 66.0 Å². The molecule has 1 amide bonds. The molecule has 2 aliphatic heterocycles. The number of hydrogen-bond acceptors (Lipinski definition) is 3. The van der Waals surface area contributed by atoms with E-state index in [1.54, 1.807) is 0 Å². The van der Waals surface area contributed by atoms with E-state index in [-0.39, 0.29) is 5.91 Å². The molecular weight excluding hydrogens is 384 g/mol. The predicted molar refractivity (Wildman–Crippen MR) is 125 cm³/mol. The van der Waals surface area contributed by atoms with Gasteiger partial charge in [-0.15, -0.1) is 0 Å². The van der Waals surface area contributed by atoms with Gasteiger partial charge < -0.3 is 10.2 Å². The molecule has 0 fully saturated rings. The summed E-state index contributed by atoms with van der Waals surface area (Å²) in [7, 11) is 0. The lowest BCUT2D eigenvalue weighted by molar-refractivity contribution is -0.138. The number of nitrogens with zero attached hydrogens (tertiary/aromatic N) is 2. The molecule has 5 nitrogen and oxygen atoms in total. The number of carbonyl (C=O) groups excluding carboxylic acids is 1. The normalized spacial score (nSPS) is 25.5. The topological polar surface area (TPSA) is 61.0 Å². The maximum atomic E-state index is 13.8. The van der Waals surface area contributed by atoms with Crippen LogP contribution in [0.5, 0.6) is 0 Å². The summed E-state index contributed by atoms with van der Waals surface area (Å²) < 4.78 is 0. The number of rotatable bonds is 1. The Morgan fingerprint density at radius 3 is 2.74 bits per heavy atom. The van der Waals surface area contributed by atoms with Crippen LogP contribution in [0.15, 0.2) is 66.4 Å². The Morgan fingerprint density at radius 1 is 1.13 bits per heavy atom. The second kappa shape index (κ2) is 8.96. The van der Waals surface area contributed by atoms with Crippen molar-refractivity contribution in [3.63, 3.8) is 0 Å². The molecule has 2 aliphatic rings. The van der Waals surface area contributed by atoms with E-state index in [0.29, 0.717) is 13.1 Å². The smallest absolute Gasteiger partial charge is 0.233 e. The molecule has 1 unspecified atom stereocenters. The maximum Gasteiger partial charge on any atom is 0.233 e. The summed E-state index contributed by atoms with van der Waals surface area (Å²) in [5, 5.41) is 11.0.